The maximum Gasteiger partial charge on any atom is 0.258 e. The van der Waals surface area contributed by atoms with Crippen LogP contribution in [0.3, 0.4) is 0 Å². The molecule has 0 aliphatic heterocycles. The topological polar surface area (TPSA) is 76.5 Å². The molecule has 0 radical (unpaired) electrons. The average Bonchev–Trinajstić information content (AvgIpc) is 3.23. The molecular formula is C14H12ClN5OS. The number of aromatic amines is 1. The van der Waals surface area contributed by atoms with Gasteiger partial charge in [-0.2, -0.15) is 0 Å². The number of rotatable bonds is 4. The van der Waals surface area contributed by atoms with Crippen molar-refractivity contribution in [1.29, 1.82) is 0 Å². The van der Waals surface area contributed by atoms with Gasteiger partial charge >= 0.3 is 0 Å². The lowest BCUT2D eigenvalue weighted by Crippen LogP contribution is -2.11. The summed E-state index contributed by atoms with van der Waals surface area (Å²) in [5.41, 5.74) is 0.455. The van der Waals surface area contributed by atoms with Gasteiger partial charge in [0.1, 0.15) is 12.2 Å². The van der Waals surface area contributed by atoms with Crippen LogP contribution in [0.5, 0.6) is 0 Å². The number of hydrogen-bond donors (Lipinski definition) is 1. The molecule has 0 spiro atoms. The maximum atomic E-state index is 12.1. The zero-order chi connectivity index (χ0) is 15.1. The summed E-state index contributed by atoms with van der Waals surface area (Å²) in [5.74, 6) is 1.14. The molecule has 1 fully saturated rings. The minimum atomic E-state index is -0.152. The molecule has 1 aromatic carbocycles. The summed E-state index contributed by atoms with van der Waals surface area (Å²) in [6.45, 7) is 0. The van der Waals surface area contributed by atoms with Gasteiger partial charge in [-0.1, -0.05) is 23.4 Å². The Morgan fingerprint density at radius 2 is 2.27 bits per heavy atom. The number of H-pyrrole nitrogens is 1. The Morgan fingerprint density at radius 1 is 1.41 bits per heavy atom. The van der Waals surface area contributed by atoms with Gasteiger partial charge in [-0.05, 0) is 31.0 Å². The highest BCUT2D eigenvalue weighted by atomic mass is 35.5. The normalized spacial score (nSPS) is 14.6. The third-order valence-corrected chi connectivity index (χ3v) is 4.74. The van der Waals surface area contributed by atoms with E-state index in [9.17, 15) is 4.79 Å². The SMILES string of the molecule is O=c1[nH]c(CSc2nncn2C2CC2)nc2cc(Cl)ccc12. The van der Waals surface area contributed by atoms with Gasteiger partial charge in [0.25, 0.3) is 5.56 Å². The monoisotopic (exact) mass is 333 g/mol. The first-order valence-electron chi connectivity index (χ1n) is 6.91. The predicted molar refractivity (Wildman–Crippen MR) is 85.2 cm³/mol. The smallest absolute Gasteiger partial charge is 0.258 e. The third-order valence-electron chi connectivity index (χ3n) is 3.54. The molecule has 6 nitrogen and oxygen atoms in total. The summed E-state index contributed by atoms with van der Waals surface area (Å²) in [7, 11) is 0. The van der Waals surface area contributed by atoms with Crippen LogP contribution in [-0.4, -0.2) is 24.7 Å². The fraction of sp³-hybridized carbons (Fsp3) is 0.286. The summed E-state index contributed by atoms with van der Waals surface area (Å²) >= 11 is 7.49. The van der Waals surface area contributed by atoms with E-state index in [0.29, 0.717) is 33.5 Å². The van der Waals surface area contributed by atoms with E-state index >= 15 is 0 Å². The summed E-state index contributed by atoms with van der Waals surface area (Å²) in [6.07, 6.45) is 4.11. The van der Waals surface area contributed by atoms with Gasteiger partial charge in [0.2, 0.25) is 0 Å². The molecule has 3 aromatic rings. The fourth-order valence-corrected chi connectivity index (χ4v) is 3.32. The second-order valence-corrected chi connectivity index (χ2v) is 6.59. The maximum absolute atomic E-state index is 12.1. The van der Waals surface area contributed by atoms with Crippen molar-refractivity contribution in [2.45, 2.75) is 29.8 Å². The molecule has 0 saturated heterocycles. The summed E-state index contributed by atoms with van der Waals surface area (Å²) in [4.78, 5) is 19.4. The number of benzene rings is 1. The number of halogens is 1. The van der Waals surface area contributed by atoms with Crippen LogP contribution in [-0.2, 0) is 5.75 Å². The number of nitrogens with one attached hydrogen (secondary N) is 1. The molecular weight excluding hydrogens is 322 g/mol. The number of fused-ring (bicyclic) bond motifs is 1. The van der Waals surface area contributed by atoms with Crippen LogP contribution in [0.2, 0.25) is 5.02 Å². The van der Waals surface area contributed by atoms with Crippen molar-refractivity contribution >= 4 is 34.3 Å². The van der Waals surface area contributed by atoms with Crippen LogP contribution in [0.4, 0.5) is 0 Å². The van der Waals surface area contributed by atoms with Crippen LogP contribution in [0.25, 0.3) is 10.9 Å². The first kappa shape index (κ1) is 13.8. The van der Waals surface area contributed by atoms with E-state index in [0.717, 1.165) is 5.16 Å². The first-order valence-corrected chi connectivity index (χ1v) is 8.28. The van der Waals surface area contributed by atoms with Gasteiger partial charge in [-0.25, -0.2) is 4.98 Å². The van der Waals surface area contributed by atoms with Crippen molar-refractivity contribution < 1.29 is 0 Å². The third kappa shape index (κ3) is 2.62. The quantitative estimate of drug-likeness (QED) is 0.743. The lowest BCUT2D eigenvalue weighted by molar-refractivity contribution is 0.662. The molecule has 1 N–H and O–H groups in total. The Morgan fingerprint density at radius 3 is 3.09 bits per heavy atom. The highest BCUT2D eigenvalue weighted by molar-refractivity contribution is 7.98. The van der Waals surface area contributed by atoms with Gasteiger partial charge in [0.05, 0.1) is 16.7 Å². The number of aromatic nitrogens is 5. The van der Waals surface area contributed by atoms with Gasteiger partial charge in [0.15, 0.2) is 5.16 Å². The molecule has 1 aliphatic rings. The van der Waals surface area contributed by atoms with E-state index < -0.39 is 0 Å². The molecule has 22 heavy (non-hydrogen) atoms. The number of thioether (sulfide) groups is 1. The summed E-state index contributed by atoms with van der Waals surface area (Å²) in [6, 6.07) is 5.60. The van der Waals surface area contributed by atoms with Crippen LogP contribution in [0.1, 0.15) is 24.7 Å². The number of hydrogen-bond acceptors (Lipinski definition) is 5. The molecule has 4 rings (SSSR count). The molecule has 1 aliphatic carbocycles. The van der Waals surface area contributed by atoms with Gasteiger partial charge in [0, 0.05) is 11.1 Å². The van der Waals surface area contributed by atoms with E-state index in [1.807, 2.05) is 0 Å². The lowest BCUT2D eigenvalue weighted by atomic mass is 10.2. The van der Waals surface area contributed by atoms with Crippen molar-refractivity contribution in [3.8, 4) is 0 Å². The molecule has 2 aromatic heterocycles. The molecule has 0 atom stereocenters. The zero-order valence-corrected chi connectivity index (χ0v) is 13.1. The van der Waals surface area contributed by atoms with Crippen molar-refractivity contribution in [3.63, 3.8) is 0 Å². The van der Waals surface area contributed by atoms with Crippen molar-refractivity contribution in [2.75, 3.05) is 0 Å². The van der Waals surface area contributed by atoms with Crippen molar-refractivity contribution in [3.05, 3.63) is 45.7 Å². The van der Waals surface area contributed by atoms with E-state index in [-0.39, 0.29) is 5.56 Å². The molecule has 112 valence electrons. The largest absolute Gasteiger partial charge is 0.309 e. The highest BCUT2D eigenvalue weighted by Crippen LogP contribution is 2.37. The Hall–Kier alpha value is -1.86. The Kier molecular flexibility index (Phi) is 3.38. The molecule has 8 heteroatoms. The molecule has 2 heterocycles. The molecule has 0 amide bonds. The minimum Gasteiger partial charge on any atom is -0.309 e. The van der Waals surface area contributed by atoms with E-state index in [4.69, 9.17) is 11.6 Å². The van der Waals surface area contributed by atoms with Crippen LogP contribution in [0, 0.1) is 0 Å². The summed E-state index contributed by atoms with van der Waals surface area (Å²) < 4.78 is 2.08. The van der Waals surface area contributed by atoms with E-state index in [1.165, 1.54) is 24.6 Å². The van der Waals surface area contributed by atoms with E-state index in [2.05, 4.69) is 24.7 Å². The fourth-order valence-electron chi connectivity index (χ4n) is 2.30. The second kappa shape index (κ2) is 5.40. The zero-order valence-electron chi connectivity index (χ0n) is 11.5. The van der Waals surface area contributed by atoms with Crippen LogP contribution < -0.4 is 5.56 Å². The van der Waals surface area contributed by atoms with Crippen molar-refractivity contribution in [1.82, 2.24) is 24.7 Å². The summed E-state index contributed by atoms with van der Waals surface area (Å²) in [5, 5.41) is 10.0. The first-order chi connectivity index (χ1) is 10.7. The van der Waals surface area contributed by atoms with Crippen LogP contribution in [0.15, 0.2) is 34.5 Å². The predicted octanol–water partition coefficient (Wildman–Crippen LogP) is 2.80. The molecule has 0 unspecified atom stereocenters. The Balaban J connectivity index is 1.61. The highest BCUT2D eigenvalue weighted by Gasteiger charge is 2.26. The van der Waals surface area contributed by atoms with Crippen molar-refractivity contribution in [2.24, 2.45) is 0 Å². The minimum absolute atomic E-state index is 0.152. The van der Waals surface area contributed by atoms with Gasteiger partial charge in [-0.15, -0.1) is 10.2 Å². The standard InChI is InChI=1S/C14H12ClN5OS/c15-8-1-4-10-11(5-8)17-12(18-13(10)21)6-22-14-19-16-7-20(14)9-2-3-9/h1,4-5,7,9H,2-3,6H2,(H,17,18,21). The van der Waals surface area contributed by atoms with Crippen LogP contribution >= 0.6 is 23.4 Å². The average molecular weight is 334 g/mol. The lowest BCUT2D eigenvalue weighted by Gasteiger charge is -2.05. The molecule has 0 bridgehead atoms. The number of nitrogens with zero attached hydrogens (tertiary/aromatic N) is 4. The van der Waals surface area contributed by atoms with Gasteiger partial charge < -0.3 is 9.55 Å². The van der Waals surface area contributed by atoms with E-state index in [1.54, 1.807) is 24.5 Å². The molecule has 1 saturated carbocycles. The van der Waals surface area contributed by atoms with Gasteiger partial charge in [-0.3, -0.25) is 4.79 Å². The Labute approximate surface area is 134 Å². The second-order valence-electron chi connectivity index (χ2n) is 5.21. The Bertz CT molecular complexity index is 902.